The van der Waals surface area contributed by atoms with E-state index in [1.54, 1.807) is 24.4 Å². The van der Waals surface area contributed by atoms with Gasteiger partial charge in [-0.2, -0.15) is 5.10 Å². The van der Waals surface area contributed by atoms with Crippen molar-refractivity contribution in [3.8, 4) is 11.1 Å². The van der Waals surface area contributed by atoms with Crippen molar-refractivity contribution in [1.82, 2.24) is 10.2 Å². The number of benzene rings is 2. The van der Waals surface area contributed by atoms with E-state index >= 15 is 0 Å². The Bertz CT molecular complexity index is 785. The molecule has 0 aliphatic heterocycles. The van der Waals surface area contributed by atoms with Crippen LogP contribution in [0.2, 0.25) is 0 Å². The van der Waals surface area contributed by atoms with E-state index in [1.807, 2.05) is 0 Å². The zero-order valence-electron chi connectivity index (χ0n) is 9.52. The molecule has 0 amide bonds. The molecule has 3 aromatic rings. The zero-order chi connectivity index (χ0) is 13.4. The molecule has 2 aromatic carbocycles. The van der Waals surface area contributed by atoms with Crippen molar-refractivity contribution in [1.29, 1.82) is 0 Å². The van der Waals surface area contributed by atoms with Crippen LogP contribution in [0.4, 0.5) is 10.1 Å². The Kier molecular flexibility index (Phi) is 2.87. The van der Waals surface area contributed by atoms with E-state index in [2.05, 4.69) is 31.3 Å². The molecule has 0 fully saturated rings. The first kappa shape index (κ1) is 12.0. The lowest BCUT2D eigenvalue weighted by atomic mass is 10.0. The SMILES string of the molecule is O=Nc1cc(-c2ccccc2F)c(Br)c2cn[nH]c12. The molecule has 4 nitrogen and oxygen atoms in total. The molecule has 0 saturated heterocycles. The zero-order valence-corrected chi connectivity index (χ0v) is 11.1. The summed E-state index contributed by atoms with van der Waals surface area (Å²) in [6.07, 6.45) is 1.57. The van der Waals surface area contributed by atoms with Gasteiger partial charge in [-0.05, 0) is 33.2 Å². The van der Waals surface area contributed by atoms with Crippen LogP contribution in [0.25, 0.3) is 22.0 Å². The second-order valence-electron chi connectivity index (χ2n) is 3.99. The number of aromatic amines is 1. The summed E-state index contributed by atoms with van der Waals surface area (Å²) in [4.78, 5) is 10.9. The number of nitrogens with zero attached hydrogens (tertiary/aromatic N) is 2. The second kappa shape index (κ2) is 4.55. The lowest BCUT2D eigenvalue weighted by Crippen LogP contribution is -1.86. The standard InChI is InChI=1S/C13H7BrFN3O/c14-12-8(7-3-1-2-4-10(7)15)5-11(18-19)13-9(12)6-16-17-13/h1-6H,(H,16,17). The third-order valence-electron chi connectivity index (χ3n) is 2.91. The van der Waals surface area contributed by atoms with Gasteiger partial charge in [-0.25, -0.2) is 4.39 Å². The second-order valence-corrected chi connectivity index (χ2v) is 4.78. The van der Waals surface area contributed by atoms with Gasteiger partial charge in [-0.3, -0.25) is 5.10 Å². The van der Waals surface area contributed by atoms with Crippen LogP contribution in [0.1, 0.15) is 0 Å². The normalized spacial score (nSPS) is 10.8. The highest BCUT2D eigenvalue weighted by Crippen LogP contribution is 2.39. The fourth-order valence-corrected chi connectivity index (χ4v) is 2.64. The first-order chi connectivity index (χ1) is 9.22. The molecule has 94 valence electrons. The van der Waals surface area contributed by atoms with Gasteiger partial charge in [0, 0.05) is 21.0 Å². The van der Waals surface area contributed by atoms with Crippen molar-refractivity contribution in [3.05, 3.63) is 51.7 Å². The van der Waals surface area contributed by atoms with Crippen molar-refractivity contribution in [3.63, 3.8) is 0 Å². The summed E-state index contributed by atoms with van der Waals surface area (Å²) >= 11 is 3.42. The lowest BCUT2D eigenvalue weighted by Gasteiger charge is -2.08. The first-order valence-electron chi connectivity index (χ1n) is 5.46. The van der Waals surface area contributed by atoms with E-state index in [4.69, 9.17) is 0 Å². The molecule has 19 heavy (non-hydrogen) atoms. The van der Waals surface area contributed by atoms with Crippen molar-refractivity contribution >= 4 is 32.5 Å². The molecular weight excluding hydrogens is 313 g/mol. The number of rotatable bonds is 2. The summed E-state index contributed by atoms with van der Waals surface area (Å²) in [5, 5.41) is 10.2. The van der Waals surface area contributed by atoms with Crippen LogP contribution in [0, 0.1) is 10.7 Å². The van der Waals surface area contributed by atoms with Crippen LogP contribution in [-0.2, 0) is 0 Å². The summed E-state index contributed by atoms with van der Waals surface area (Å²) < 4.78 is 14.5. The number of aromatic nitrogens is 2. The Labute approximate surface area is 115 Å². The number of nitroso groups, excluding NO2 is 1. The molecule has 0 bridgehead atoms. The van der Waals surface area contributed by atoms with Gasteiger partial charge in [0.05, 0.1) is 11.7 Å². The van der Waals surface area contributed by atoms with E-state index in [-0.39, 0.29) is 11.5 Å². The fourth-order valence-electron chi connectivity index (χ4n) is 2.01. The Hall–Kier alpha value is -2.08. The van der Waals surface area contributed by atoms with E-state index in [0.717, 1.165) is 0 Å². The Morgan fingerprint density at radius 3 is 2.79 bits per heavy atom. The number of H-pyrrole nitrogens is 1. The summed E-state index contributed by atoms with van der Waals surface area (Å²) in [6, 6.07) is 7.90. The third kappa shape index (κ3) is 1.84. The minimum Gasteiger partial charge on any atom is -0.275 e. The van der Waals surface area contributed by atoms with Crippen LogP contribution in [0.5, 0.6) is 0 Å². The van der Waals surface area contributed by atoms with E-state index in [1.165, 1.54) is 12.1 Å². The predicted octanol–water partition coefficient (Wildman–Crippen LogP) is 4.53. The van der Waals surface area contributed by atoms with Crippen LogP contribution in [0.3, 0.4) is 0 Å². The van der Waals surface area contributed by atoms with Crippen molar-refractivity contribution < 1.29 is 4.39 Å². The van der Waals surface area contributed by atoms with Crippen molar-refractivity contribution in [2.75, 3.05) is 0 Å². The number of hydrogen-bond acceptors (Lipinski definition) is 3. The smallest absolute Gasteiger partial charge is 0.134 e. The highest BCUT2D eigenvalue weighted by molar-refractivity contribution is 9.10. The Morgan fingerprint density at radius 1 is 1.26 bits per heavy atom. The maximum Gasteiger partial charge on any atom is 0.134 e. The number of nitrogens with one attached hydrogen (secondary N) is 1. The molecule has 0 radical (unpaired) electrons. The Balaban J connectivity index is 2.39. The largest absolute Gasteiger partial charge is 0.275 e. The summed E-state index contributed by atoms with van der Waals surface area (Å²) in [7, 11) is 0. The van der Waals surface area contributed by atoms with Crippen molar-refractivity contribution in [2.45, 2.75) is 0 Å². The van der Waals surface area contributed by atoms with E-state index in [9.17, 15) is 9.30 Å². The van der Waals surface area contributed by atoms with E-state index in [0.29, 0.717) is 26.5 Å². The molecule has 0 atom stereocenters. The molecule has 1 N–H and O–H groups in total. The molecule has 0 spiro atoms. The molecule has 1 heterocycles. The maximum atomic E-state index is 13.9. The Morgan fingerprint density at radius 2 is 2.05 bits per heavy atom. The average molecular weight is 320 g/mol. The summed E-state index contributed by atoms with van der Waals surface area (Å²) in [5.41, 5.74) is 1.71. The lowest BCUT2D eigenvalue weighted by molar-refractivity contribution is 0.631. The summed E-state index contributed by atoms with van der Waals surface area (Å²) in [5.74, 6) is -0.358. The van der Waals surface area contributed by atoms with Gasteiger partial charge >= 0.3 is 0 Å². The van der Waals surface area contributed by atoms with Gasteiger partial charge in [0.2, 0.25) is 0 Å². The number of hydrogen-bond donors (Lipinski definition) is 1. The molecule has 3 rings (SSSR count). The monoisotopic (exact) mass is 319 g/mol. The number of fused-ring (bicyclic) bond motifs is 1. The molecule has 6 heteroatoms. The molecule has 0 aliphatic rings. The highest BCUT2D eigenvalue weighted by Gasteiger charge is 2.15. The van der Waals surface area contributed by atoms with Gasteiger partial charge in [0.25, 0.3) is 0 Å². The molecule has 0 saturated carbocycles. The van der Waals surface area contributed by atoms with Gasteiger partial charge in [-0.1, -0.05) is 18.2 Å². The van der Waals surface area contributed by atoms with Crippen molar-refractivity contribution in [2.24, 2.45) is 5.18 Å². The molecular formula is C13H7BrFN3O. The molecule has 0 unspecified atom stereocenters. The topological polar surface area (TPSA) is 58.1 Å². The predicted molar refractivity (Wildman–Crippen MR) is 74.6 cm³/mol. The molecule has 1 aromatic heterocycles. The highest BCUT2D eigenvalue weighted by atomic mass is 79.9. The van der Waals surface area contributed by atoms with Crippen LogP contribution in [0.15, 0.2) is 46.2 Å². The minimum atomic E-state index is -0.358. The van der Waals surface area contributed by atoms with Crippen LogP contribution < -0.4 is 0 Å². The van der Waals surface area contributed by atoms with Gasteiger partial charge < -0.3 is 0 Å². The van der Waals surface area contributed by atoms with Gasteiger partial charge in [0.1, 0.15) is 11.5 Å². The minimum absolute atomic E-state index is 0.203. The number of halogens is 2. The first-order valence-corrected chi connectivity index (χ1v) is 6.25. The van der Waals surface area contributed by atoms with E-state index < -0.39 is 0 Å². The van der Waals surface area contributed by atoms with Crippen LogP contribution in [-0.4, -0.2) is 10.2 Å². The van der Waals surface area contributed by atoms with Gasteiger partial charge in [0.15, 0.2) is 0 Å². The average Bonchev–Trinajstić information content (AvgIpc) is 2.90. The third-order valence-corrected chi connectivity index (χ3v) is 3.77. The molecule has 0 aliphatic carbocycles. The fraction of sp³-hybridized carbons (Fsp3) is 0. The van der Waals surface area contributed by atoms with Gasteiger partial charge in [-0.15, -0.1) is 4.91 Å². The van der Waals surface area contributed by atoms with Crippen LogP contribution >= 0.6 is 15.9 Å². The quantitative estimate of drug-likeness (QED) is 0.705. The summed E-state index contributed by atoms with van der Waals surface area (Å²) in [6.45, 7) is 0. The maximum absolute atomic E-state index is 13.9.